The number of ether oxygens (including phenoxy) is 1. The average Bonchev–Trinajstić information content (AvgIpc) is 3.48. The van der Waals surface area contributed by atoms with Gasteiger partial charge in [-0.2, -0.15) is 0 Å². The second-order valence-corrected chi connectivity index (χ2v) is 12.5. The molecule has 35 heavy (non-hydrogen) atoms. The number of hydrogen-bond donors (Lipinski definition) is 1. The van der Waals surface area contributed by atoms with Crippen LogP contribution in [-0.4, -0.2) is 22.7 Å². The van der Waals surface area contributed by atoms with Gasteiger partial charge in [0.2, 0.25) is 0 Å². The fraction of sp³-hybridized carbons (Fsp3) is 0.200. The molecule has 1 fully saturated rings. The molecule has 0 atom stereocenters. The standard InChI is InChI=1S/C25H19N3O3S4/c1-4-31-13-10-8-12(9-11-13)26-22-17-15-7-5-6-14-16(19-21(29)27-24(32)33-19)23(30)28(18(14)15)25(2,3)20(17)34-35-22/h5-11H,4H2,1-3H3,(H,27,29,32)/b19-16+,26-22?. The van der Waals surface area contributed by atoms with Gasteiger partial charge in [0, 0.05) is 16.7 Å². The van der Waals surface area contributed by atoms with E-state index in [1.54, 1.807) is 20.7 Å². The Labute approximate surface area is 218 Å². The van der Waals surface area contributed by atoms with Gasteiger partial charge in [0.05, 0.1) is 38.9 Å². The highest BCUT2D eigenvalue weighted by atomic mass is 32.9. The summed E-state index contributed by atoms with van der Waals surface area (Å²) in [6.07, 6.45) is 0. The molecule has 4 heterocycles. The second kappa shape index (κ2) is 8.12. The zero-order valence-electron chi connectivity index (χ0n) is 19.0. The predicted molar refractivity (Wildman–Crippen MR) is 146 cm³/mol. The Morgan fingerprint density at radius 1 is 1.09 bits per heavy atom. The summed E-state index contributed by atoms with van der Waals surface area (Å²) in [7, 11) is 3.25. The molecule has 6 nitrogen and oxygen atoms in total. The minimum atomic E-state index is -0.605. The fourth-order valence-corrected chi connectivity index (χ4v) is 8.81. The van der Waals surface area contributed by atoms with Crippen LogP contribution in [0.25, 0.3) is 16.7 Å². The number of fused-ring (bicyclic) bond motifs is 2. The lowest BCUT2D eigenvalue weighted by atomic mass is 9.87. The number of anilines is 1. The van der Waals surface area contributed by atoms with Crippen LogP contribution < -0.4 is 19.6 Å². The number of para-hydroxylation sites is 1. The van der Waals surface area contributed by atoms with Crippen molar-refractivity contribution in [2.45, 2.75) is 26.3 Å². The SMILES string of the molecule is CCOc1ccc(N=c2ssc3c2-c2cccc4c2N(C(=O)/C4=C2/SC(=S)NC2=O)C3(C)C)cc1. The Balaban J connectivity index is 1.57. The molecule has 2 aromatic carbocycles. The van der Waals surface area contributed by atoms with Gasteiger partial charge in [-0.1, -0.05) is 62.9 Å². The first-order valence-electron chi connectivity index (χ1n) is 11.0. The van der Waals surface area contributed by atoms with Gasteiger partial charge >= 0.3 is 0 Å². The number of carbonyl (C=O) groups is 2. The molecule has 0 aliphatic carbocycles. The highest BCUT2D eigenvalue weighted by Gasteiger charge is 2.50. The van der Waals surface area contributed by atoms with Crippen LogP contribution in [-0.2, 0) is 15.1 Å². The second-order valence-electron chi connectivity index (χ2n) is 8.66. The lowest BCUT2D eigenvalue weighted by Gasteiger charge is -2.40. The third kappa shape index (κ3) is 3.35. The molecule has 0 radical (unpaired) electrons. The minimum Gasteiger partial charge on any atom is -0.494 e. The Kier molecular flexibility index (Phi) is 5.26. The van der Waals surface area contributed by atoms with Crippen molar-refractivity contribution in [2.24, 2.45) is 4.99 Å². The lowest BCUT2D eigenvalue weighted by molar-refractivity contribution is -0.116. The van der Waals surface area contributed by atoms with Crippen LogP contribution in [0.1, 0.15) is 31.2 Å². The maximum absolute atomic E-state index is 13.8. The van der Waals surface area contributed by atoms with Crippen molar-refractivity contribution in [3.8, 4) is 16.9 Å². The summed E-state index contributed by atoms with van der Waals surface area (Å²) in [4.78, 5) is 34.7. The van der Waals surface area contributed by atoms with E-state index in [0.29, 0.717) is 21.4 Å². The van der Waals surface area contributed by atoms with Gasteiger partial charge in [-0.05, 0) is 45.0 Å². The summed E-state index contributed by atoms with van der Waals surface area (Å²) in [6.45, 7) is 6.67. The predicted octanol–water partition coefficient (Wildman–Crippen LogP) is 5.56. The number of rotatable bonds is 3. The summed E-state index contributed by atoms with van der Waals surface area (Å²) in [5.74, 6) is 0.322. The molecule has 0 bridgehead atoms. The van der Waals surface area contributed by atoms with Gasteiger partial charge in [0.25, 0.3) is 11.8 Å². The van der Waals surface area contributed by atoms with Gasteiger partial charge in [-0.3, -0.25) is 14.5 Å². The molecule has 3 aliphatic rings. The molecular weight excluding hydrogens is 519 g/mol. The normalized spacial score (nSPS) is 20.3. The van der Waals surface area contributed by atoms with Crippen molar-refractivity contribution in [3.63, 3.8) is 0 Å². The molecule has 0 saturated carbocycles. The summed E-state index contributed by atoms with van der Waals surface area (Å²) < 4.78 is 6.82. The Morgan fingerprint density at radius 2 is 1.83 bits per heavy atom. The van der Waals surface area contributed by atoms with E-state index in [-0.39, 0.29) is 11.8 Å². The van der Waals surface area contributed by atoms with Crippen LogP contribution in [0.3, 0.4) is 0 Å². The van der Waals surface area contributed by atoms with Gasteiger partial charge in [0.1, 0.15) is 14.7 Å². The van der Waals surface area contributed by atoms with Crippen molar-refractivity contribution < 1.29 is 14.3 Å². The van der Waals surface area contributed by atoms with Crippen molar-refractivity contribution >= 4 is 77.7 Å². The van der Waals surface area contributed by atoms with E-state index in [1.807, 2.05) is 68.1 Å². The Bertz CT molecular complexity index is 1550. The molecule has 176 valence electrons. The number of hydrogen-bond acceptors (Lipinski definition) is 8. The first-order valence-corrected chi connectivity index (χ1v) is 14.4. The van der Waals surface area contributed by atoms with Crippen LogP contribution in [0.4, 0.5) is 11.4 Å². The number of nitrogens with one attached hydrogen (secondary N) is 1. The molecule has 2 amide bonds. The van der Waals surface area contributed by atoms with E-state index < -0.39 is 5.54 Å². The van der Waals surface area contributed by atoms with E-state index in [9.17, 15) is 9.59 Å². The highest BCUT2D eigenvalue weighted by Crippen LogP contribution is 2.56. The smallest absolute Gasteiger partial charge is 0.264 e. The summed E-state index contributed by atoms with van der Waals surface area (Å²) in [6, 6.07) is 13.6. The molecule has 0 unspecified atom stereocenters. The maximum Gasteiger partial charge on any atom is 0.264 e. The largest absolute Gasteiger partial charge is 0.494 e. The van der Waals surface area contributed by atoms with Gasteiger partial charge in [-0.25, -0.2) is 4.99 Å². The monoisotopic (exact) mass is 537 g/mol. The molecule has 1 aromatic heterocycles. The molecule has 1 saturated heterocycles. The van der Waals surface area contributed by atoms with Crippen molar-refractivity contribution in [2.75, 3.05) is 11.5 Å². The first-order chi connectivity index (χ1) is 16.8. The van der Waals surface area contributed by atoms with Crippen LogP contribution in [0.15, 0.2) is 52.4 Å². The summed E-state index contributed by atoms with van der Waals surface area (Å²) in [5.41, 5.74) is 4.24. The molecule has 10 heteroatoms. The zero-order valence-corrected chi connectivity index (χ0v) is 22.3. The maximum atomic E-state index is 13.8. The minimum absolute atomic E-state index is 0.172. The van der Waals surface area contributed by atoms with E-state index in [4.69, 9.17) is 21.9 Å². The highest BCUT2D eigenvalue weighted by molar-refractivity contribution is 8.27. The fourth-order valence-electron chi connectivity index (χ4n) is 4.73. The molecule has 3 aromatic rings. The number of thiocarbonyl (C=S) groups is 1. The topological polar surface area (TPSA) is 71.0 Å². The van der Waals surface area contributed by atoms with Crippen molar-refractivity contribution in [3.05, 3.63) is 62.5 Å². The first kappa shape index (κ1) is 22.7. The number of nitrogens with zero attached hydrogens (tertiary/aromatic N) is 2. The van der Waals surface area contributed by atoms with Crippen LogP contribution >= 0.6 is 44.7 Å². The molecule has 3 aliphatic heterocycles. The number of benzene rings is 2. The van der Waals surface area contributed by atoms with Crippen molar-refractivity contribution in [1.29, 1.82) is 0 Å². The van der Waals surface area contributed by atoms with Crippen LogP contribution in [0.2, 0.25) is 0 Å². The van der Waals surface area contributed by atoms with Gasteiger partial charge in [-0.15, -0.1) is 0 Å². The van der Waals surface area contributed by atoms with Gasteiger partial charge < -0.3 is 10.1 Å². The van der Waals surface area contributed by atoms with Gasteiger partial charge in [0.15, 0.2) is 0 Å². The number of thioether (sulfide) groups is 1. The van der Waals surface area contributed by atoms with Crippen molar-refractivity contribution in [1.82, 2.24) is 5.32 Å². The molecule has 6 rings (SSSR count). The Morgan fingerprint density at radius 3 is 2.51 bits per heavy atom. The average molecular weight is 538 g/mol. The third-order valence-electron chi connectivity index (χ3n) is 6.20. The number of amides is 2. The third-order valence-corrected chi connectivity index (χ3v) is 10.1. The molecule has 0 spiro atoms. The van der Waals surface area contributed by atoms with Crippen LogP contribution in [0.5, 0.6) is 5.75 Å². The van der Waals surface area contributed by atoms with E-state index in [0.717, 1.165) is 55.1 Å². The molecular formula is C25H19N3O3S4. The number of carbonyl (C=O) groups excluding carboxylic acids is 2. The quantitative estimate of drug-likeness (QED) is 0.269. The Hall–Kier alpha value is -2.79. The molecule has 1 N–H and O–H groups in total. The lowest BCUT2D eigenvalue weighted by Crippen LogP contribution is -2.45. The van der Waals surface area contributed by atoms with Crippen LogP contribution in [0, 0.1) is 0 Å². The van der Waals surface area contributed by atoms with E-state index >= 15 is 0 Å². The van der Waals surface area contributed by atoms with E-state index in [1.165, 1.54) is 0 Å². The zero-order chi connectivity index (χ0) is 24.5. The summed E-state index contributed by atoms with van der Waals surface area (Å²) in [5, 5.41) is 2.65. The summed E-state index contributed by atoms with van der Waals surface area (Å²) >= 11 is 6.34. The van der Waals surface area contributed by atoms with E-state index in [2.05, 4.69) is 5.32 Å².